The molecule has 0 aromatic heterocycles. The first-order valence-electron chi connectivity index (χ1n) is 12.4. The number of nitrogens with zero attached hydrogens (tertiary/aromatic N) is 1. The van der Waals surface area contributed by atoms with E-state index in [1.807, 2.05) is 24.3 Å². The highest BCUT2D eigenvalue weighted by Gasteiger charge is 2.39. The molecule has 2 aromatic rings. The lowest BCUT2D eigenvalue weighted by molar-refractivity contribution is -0.153. The molecule has 7 heteroatoms. The van der Waals surface area contributed by atoms with Crippen LogP contribution in [-0.2, 0) is 14.3 Å². The second kappa shape index (κ2) is 10.5. The van der Waals surface area contributed by atoms with Crippen LogP contribution >= 0.6 is 0 Å². The number of carboxylic acids is 1. The van der Waals surface area contributed by atoms with Crippen LogP contribution in [0.3, 0.4) is 0 Å². The minimum atomic E-state index is -0.857. The van der Waals surface area contributed by atoms with Crippen LogP contribution in [0.15, 0.2) is 48.5 Å². The third-order valence-electron chi connectivity index (χ3n) is 7.53. The van der Waals surface area contributed by atoms with Crippen LogP contribution in [-0.4, -0.2) is 54.2 Å². The van der Waals surface area contributed by atoms with Gasteiger partial charge >= 0.3 is 12.1 Å². The van der Waals surface area contributed by atoms with Crippen LogP contribution < -0.4 is 5.32 Å². The fourth-order valence-corrected chi connectivity index (χ4v) is 5.20. The van der Waals surface area contributed by atoms with Crippen molar-refractivity contribution in [2.24, 2.45) is 11.3 Å². The number of hydrogen-bond donors (Lipinski definition) is 2. The zero-order valence-electron chi connectivity index (χ0n) is 20.5. The molecule has 2 amide bonds. The van der Waals surface area contributed by atoms with Crippen LogP contribution in [0.25, 0.3) is 11.1 Å². The summed E-state index contributed by atoms with van der Waals surface area (Å²) in [5.74, 6) is -0.872. The second-order valence-electron chi connectivity index (χ2n) is 10.1. The molecule has 1 fully saturated rings. The average molecular weight is 479 g/mol. The Kier molecular flexibility index (Phi) is 7.43. The smallest absolute Gasteiger partial charge is 0.407 e. The number of hydrogen-bond acceptors (Lipinski definition) is 4. The third-order valence-corrected chi connectivity index (χ3v) is 7.53. The van der Waals surface area contributed by atoms with Crippen molar-refractivity contribution >= 4 is 18.0 Å². The van der Waals surface area contributed by atoms with Gasteiger partial charge in [0.05, 0.1) is 5.41 Å². The van der Waals surface area contributed by atoms with Gasteiger partial charge in [0.2, 0.25) is 5.91 Å². The van der Waals surface area contributed by atoms with E-state index in [0.717, 1.165) is 24.0 Å². The average Bonchev–Trinajstić information content (AvgIpc) is 3.19. The van der Waals surface area contributed by atoms with Gasteiger partial charge in [-0.1, -0.05) is 48.5 Å². The maximum absolute atomic E-state index is 12.7. The molecule has 1 heterocycles. The number of amides is 2. The van der Waals surface area contributed by atoms with Gasteiger partial charge in [-0.2, -0.15) is 0 Å². The van der Waals surface area contributed by atoms with Gasteiger partial charge in [-0.25, -0.2) is 4.79 Å². The SMILES string of the molecule is CC(C)(C(=O)O)C1CCCN(C(=O)CCCNC(=O)OCC2c3ccccc3-c3ccccc32)C1. The number of carbonyl (C=O) groups is 3. The third kappa shape index (κ3) is 5.34. The largest absolute Gasteiger partial charge is 0.481 e. The molecule has 1 unspecified atom stereocenters. The molecule has 0 spiro atoms. The van der Waals surface area contributed by atoms with Gasteiger partial charge in [0.15, 0.2) is 0 Å². The number of likely N-dealkylation sites (tertiary alicyclic amines) is 1. The van der Waals surface area contributed by atoms with Crippen molar-refractivity contribution in [2.45, 2.75) is 45.4 Å². The highest BCUT2D eigenvalue weighted by Crippen LogP contribution is 2.44. The molecule has 0 bridgehead atoms. The summed E-state index contributed by atoms with van der Waals surface area (Å²) in [6.45, 7) is 5.19. The predicted octanol–water partition coefficient (Wildman–Crippen LogP) is 4.65. The van der Waals surface area contributed by atoms with Gasteiger partial charge in [0.1, 0.15) is 6.61 Å². The number of fused-ring (bicyclic) bond motifs is 3. The summed E-state index contributed by atoms with van der Waals surface area (Å²) in [7, 11) is 0. The number of carbonyl (C=O) groups excluding carboxylic acids is 2. The van der Waals surface area contributed by atoms with Crippen LogP contribution in [0.4, 0.5) is 4.79 Å². The number of ether oxygens (including phenoxy) is 1. The molecular formula is C28H34N2O5. The number of aliphatic carboxylic acids is 1. The molecular weight excluding hydrogens is 444 g/mol. The lowest BCUT2D eigenvalue weighted by Gasteiger charge is -2.39. The van der Waals surface area contributed by atoms with Crippen molar-refractivity contribution in [2.75, 3.05) is 26.2 Å². The summed E-state index contributed by atoms with van der Waals surface area (Å²) in [4.78, 5) is 38.3. The van der Waals surface area contributed by atoms with Gasteiger partial charge in [0.25, 0.3) is 0 Å². The lowest BCUT2D eigenvalue weighted by Crippen LogP contribution is -2.46. The molecule has 1 aliphatic heterocycles. The molecule has 2 aliphatic rings. The normalized spacial score (nSPS) is 17.4. The summed E-state index contributed by atoms with van der Waals surface area (Å²) in [5.41, 5.74) is 3.84. The summed E-state index contributed by atoms with van der Waals surface area (Å²) < 4.78 is 5.54. The zero-order valence-corrected chi connectivity index (χ0v) is 20.5. The van der Waals surface area contributed by atoms with Gasteiger partial charge in [-0.05, 0) is 61.3 Å². The van der Waals surface area contributed by atoms with E-state index < -0.39 is 17.5 Å². The van der Waals surface area contributed by atoms with Gasteiger partial charge in [0, 0.05) is 32.0 Å². The first-order valence-corrected chi connectivity index (χ1v) is 12.4. The Labute approximate surface area is 206 Å². The van der Waals surface area contributed by atoms with E-state index >= 15 is 0 Å². The molecule has 35 heavy (non-hydrogen) atoms. The summed E-state index contributed by atoms with van der Waals surface area (Å²) in [6.07, 6.45) is 1.95. The number of carboxylic acid groups (broad SMARTS) is 1. The number of rotatable bonds is 8. The van der Waals surface area contributed by atoms with Crippen molar-refractivity contribution in [3.05, 3.63) is 59.7 Å². The van der Waals surface area contributed by atoms with Gasteiger partial charge < -0.3 is 20.1 Å². The lowest BCUT2D eigenvalue weighted by atomic mass is 9.74. The summed E-state index contributed by atoms with van der Waals surface area (Å²) >= 11 is 0. The number of benzene rings is 2. The molecule has 1 saturated heterocycles. The Morgan fingerprint density at radius 3 is 2.31 bits per heavy atom. The molecule has 2 N–H and O–H groups in total. The van der Waals surface area contributed by atoms with Crippen molar-refractivity contribution < 1.29 is 24.2 Å². The van der Waals surface area contributed by atoms with Crippen LogP contribution in [0.1, 0.15) is 56.6 Å². The molecule has 1 aliphatic carbocycles. The van der Waals surface area contributed by atoms with E-state index in [4.69, 9.17) is 4.74 Å². The molecule has 186 valence electrons. The number of piperidine rings is 1. The van der Waals surface area contributed by atoms with Crippen LogP contribution in [0.5, 0.6) is 0 Å². The van der Waals surface area contributed by atoms with E-state index in [0.29, 0.717) is 32.5 Å². The quantitative estimate of drug-likeness (QED) is 0.538. The van der Waals surface area contributed by atoms with Crippen molar-refractivity contribution in [1.29, 1.82) is 0 Å². The fourth-order valence-electron chi connectivity index (χ4n) is 5.20. The Balaban J connectivity index is 1.21. The maximum atomic E-state index is 12.7. The van der Waals surface area contributed by atoms with Crippen molar-refractivity contribution in [3.8, 4) is 11.1 Å². The monoisotopic (exact) mass is 478 g/mol. The molecule has 1 atom stereocenters. The molecule has 2 aromatic carbocycles. The second-order valence-corrected chi connectivity index (χ2v) is 10.1. The van der Waals surface area contributed by atoms with E-state index in [2.05, 4.69) is 29.6 Å². The molecule has 0 saturated carbocycles. The topological polar surface area (TPSA) is 95.9 Å². The van der Waals surface area contributed by atoms with Gasteiger partial charge in [-0.15, -0.1) is 0 Å². The van der Waals surface area contributed by atoms with E-state index in [-0.39, 0.29) is 24.3 Å². The Bertz CT molecular complexity index is 1050. The summed E-state index contributed by atoms with van der Waals surface area (Å²) in [6, 6.07) is 16.4. The van der Waals surface area contributed by atoms with E-state index in [9.17, 15) is 19.5 Å². The first kappa shape index (κ1) is 24.8. The zero-order chi connectivity index (χ0) is 25.0. The van der Waals surface area contributed by atoms with E-state index in [1.165, 1.54) is 11.1 Å². The highest BCUT2D eigenvalue weighted by atomic mass is 16.5. The van der Waals surface area contributed by atoms with Gasteiger partial charge in [-0.3, -0.25) is 9.59 Å². The minimum Gasteiger partial charge on any atom is -0.481 e. The fraction of sp³-hybridized carbons (Fsp3) is 0.464. The first-order chi connectivity index (χ1) is 16.8. The van der Waals surface area contributed by atoms with Crippen molar-refractivity contribution in [1.82, 2.24) is 10.2 Å². The number of nitrogens with one attached hydrogen (secondary N) is 1. The summed E-state index contributed by atoms with van der Waals surface area (Å²) in [5, 5.41) is 12.2. The predicted molar refractivity (Wildman–Crippen MR) is 133 cm³/mol. The molecule has 4 rings (SSSR count). The Morgan fingerprint density at radius 2 is 1.69 bits per heavy atom. The Morgan fingerprint density at radius 1 is 1.06 bits per heavy atom. The Hall–Kier alpha value is -3.35. The standard InChI is InChI=1S/C28H34N2O5/c1-28(2,26(32)33)19-9-8-16-30(17-19)25(31)14-7-15-29-27(34)35-18-24-22-12-5-3-10-20(22)21-11-4-6-13-23(21)24/h3-6,10-13,19,24H,7-9,14-18H2,1-2H3,(H,29,34)(H,32,33). The van der Waals surface area contributed by atoms with Crippen LogP contribution in [0, 0.1) is 11.3 Å². The minimum absolute atomic E-state index is 0.00484. The van der Waals surface area contributed by atoms with Crippen LogP contribution in [0.2, 0.25) is 0 Å². The molecule has 0 radical (unpaired) electrons. The molecule has 7 nitrogen and oxygen atoms in total. The van der Waals surface area contributed by atoms with E-state index in [1.54, 1.807) is 18.7 Å². The number of alkyl carbamates (subject to hydrolysis) is 1. The van der Waals surface area contributed by atoms with Crippen molar-refractivity contribution in [3.63, 3.8) is 0 Å². The highest BCUT2D eigenvalue weighted by molar-refractivity contribution is 5.79. The maximum Gasteiger partial charge on any atom is 0.407 e.